The van der Waals surface area contributed by atoms with Gasteiger partial charge in [-0.2, -0.15) is 4.72 Å². The van der Waals surface area contributed by atoms with Crippen molar-refractivity contribution in [1.29, 1.82) is 0 Å². The van der Waals surface area contributed by atoms with Crippen molar-refractivity contribution in [3.8, 4) is 0 Å². The lowest BCUT2D eigenvalue weighted by Crippen LogP contribution is -2.49. The number of nitrogens with one attached hydrogen (secondary N) is 2. The van der Waals surface area contributed by atoms with Crippen LogP contribution >= 0.6 is 0 Å². The van der Waals surface area contributed by atoms with Crippen molar-refractivity contribution < 1.29 is 18.3 Å². The first-order chi connectivity index (χ1) is 17.8. The molecule has 0 fully saturated rings. The normalized spacial score (nSPS) is 13.9. The summed E-state index contributed by atoms with van der Waals surface area (Å²) in [5, 5.41) is 14.2. The van der Waals surface area contributed by atoms with E-state index >= 15 is 0 Å². The van der Waals surface area contributed by atoms with Crippen molar-refractivity contribution in [1.82, 2.24) is 10.0 Å². The smallest absolute Gasteiger partial charge is 0.241 e. The Balaban J connectivity index is 1.65. The van der Waals surface area contributed by atoms with Gasteiger partial charge in [0.2, 0.25) is 15.9 Å². The Bertz CT molecular complexity index is 1390. The van der Waals surface area contributed by atoms with Crippen LogP contribution in [0.5, 0.6) is 0 Å². The van der Waals surface area contributed by atoms with Gasteiger partial charge in [-0.15, -0.1) is 0 Å². The van der Waals surface area contributed by atoms with E-state index in [0.717, 1.165) is 11.1 Å². The summed E-state index contributed by atoms with van der Waals surface area (Å²) in [6.07, 6.45) is -0.903. The molecule has 0 aliphatic heterocycles. The van der Waals surface area contributed by atoms with Crippen molar-refractivity contribution in [3.63, 3.8) is 0 Å². The van der Waals surface area contributed by atoms with Gasteiger partial charge in [-0.1, -0.05) is 109 Å². The molecule has 0 aliphatic rings. The molecule has 7 heteroatoms. The van der Waals surface area contributed by atoms with Crippen LogP contribution < -0.4 is 10.0 Å². The highest BCUT2D eigenvalue weighted by Crippen LogP contribution is 2.29. The maximum Gasteiger partial charge on any atom is 0.241 e. The summed E-state index contributed by atoms with van der Waals surface area (Å²) in [6.45, 7) is 1.87. The van der Waals surface area contributed by atoms with Crippen molar-refractivity contribution >= 4 is 15.9 Å². The SMILES string of the molecule is Cc1ccc(S(=O)(=O)N[C@@H](Cc2ccccc2)C(=O)N[C@@H](c2ccccc2)[C@@H](O)c2ccccc2)cc1. The van der Waals surface area contributed by atoms with Crippen LogP contribution in [0.1, 0.15) is 34.4 Å². The van der Waals surface area contributed by atoms with Crippen LogP contribution in [0.3, 0.4) is 0 Å². The van der Waals surface area contributed by atoms with E-state index in [1.54, 1.807) is 24.3 Å². The van der Waals surface area contributed by atoms with E-state index in [0.29, 0.717) is 11.1 Å². The minimum Gasteiger partial charge on any atom is -0.386 e. The number of rotatable bonds is 10. The average molecular weight is 515 g/mol. The third-order valence-electron chi connectivity index (χ3n) is 6.14. The fraction of sp³-hybridized carbons (Fsp3) is 0.167. The molecule has 1 amide bonds. The van der Waals surface area contributed by atoms with E-state index in [1.807, 2.05) is 85.8 Å². The zero-order valence-corrected chi connectivity index (χ0v) is 21.3. The van der Waals surface area contributed by atoms with Crippen LogP contribution in [0.2, 0.25) is 0 Å². The van der Waals surface area contributed by atoms with Crippen LogP contribution in [0.25, 0.3) is 0 Å². The number of hydrogen-bond donors (Lipinski definition) is 3. The van der Waals surface area contributed by atoms with Gasteiger partial charge in [0, 0.05) is 0 Å². The average Bonchev–Trinajstić information content (AvgIpc) is 2.92. The lowest BCUT2D eigenvalue weighted by Gasteiger charge is -2.28. The predicted octanol–water partition coefficient (Wildman–Crippen LogP) is 4.48. The number of sulfonamides is 1. The van der Waals surface area contributed by atoms with Crippen LogP contribution in [0, 0.1) is 6.92 Å². The second-order valence-electron chi connectivity index (χ2n) is 8.93. The van der Waals surface area contributed by atoms with E-state index in [9.17, 15) is 18.3 Å². The van der Waals surface area contributed by atoms with E-state index in [4.69, 9.17) is 0 Å². The molecule has 0 saturated heterocycles. The summed E-state index contributed by atoms with van der Waals surface area (Å²) >= 11 is 0. The quantitative estimate of drug-likeness (QED) is 0.291. The van der Waals surface area contributed by atoms with Gasteiger partial charge in [0.1, 0.15) is 12.1 Å². The molecule has 0 heterocycles. The second kappa shape index (κ2) is 12.0. The first-order valence-electron chi connectivity index (χ1n) is 12.0. The lowest BCUT2D eigenvalue weighted by molar-refractivity contribution is -0.124. The molecule has 0 radical (unpaired) electrons. The minimum atomic E-state index is -3.99. The summed E-state index contributed by atoms with van der Waals surface area (Å²) < 4.78 is 29.0. The van der Waals surface area contributed by atoms with Crippen molar-refractivity contribution in [3.05, 3.63) is 138 Å². The molecular weight excluding hydrogens is 484 g/mol. The van der Waals surface area contributed by atoms with Crippen LogP contribution in [-0.4, -0.2) is 25.5 Å². The number of aliphatic hydroxyl groups is 1. The van der Waals surface area contributed by atoms with Gasteiger partial charge in [0.25, 0.3) is 0 Å². The van der Waals surface area contributed by atoms with Gasteiger partial charge in [-0.05, 0) is 42.2 Å². The van der Waals surface area contributed by atoms with E-state index in [2.05, 4.69) is 10.0 Å². The number of carbonyl (C=O) groups excluding carboxylic acids is 1. The Morgan fingerprint density at radius 2 is 1.27 bits per heavy atom. The maximum atomic E-state index is 13.7. The number of hydrogen-bond acceptors (Lipinski definition) is 4. The molecule has 0 bridgehead atoms. The Hall–Kier alpha value is -3.78. The first kappa shape index (κ1) is 26.3. The Kier molecular flexibility index (Phi) is 8.50. The summed E-state index contributed by atoms with van der Waals surface area (Å²) in [5.74, 6) is -0.539. The summed E-state index contributed by atoms with van der Waals surface area (Å²) in [6, 6.07) is 32.0. The Labute approximate surface area is 218 Å². The van der Waals surface area contributed by atoms with Gasteiger partial charge < -0.3 is 10.4 Å². The van der Waals surface area contributed by atoms with Gasteiger partial charge >= 0.3 is 0 Å². The molecule has 190 valence electrons. The summed E-state index contributed by atoms with van der Waals surface area (Å²) in [7, 11) is -3.99. The molecule has 0 spiro atoms. The predicted molar refractivity (Wildman–Crippen MR) is 144 cm³/mol. The molecule has 4 rings (SSSR count). The molecule has 0 aliphatic carbocycles. The molecule has 4 aromatic rings. The first-order valence-corrected chi connectivity index (χ1v) is 13.5. The summed E-state index contributed by atoms with van der Waals surface area (Å²) in [5.41, 5.74) is 3.07. The molecular formula is C30H30N2O4S. The molecule has 4 aromatic carbocycles. The minimum absolute atomic E-state index is 0.0768. The zero-order valence-electron chi connectivity index (χ0n) is 20.5. The lowest BCUT2D eigenvalue weighted by atomic mass is 9.95. The fourth-order valence-electron chi connectivity index (χ4n) is 4.11. The van der Waals surface area contributed by atoms with E-state index in [-0.39, 0.29) is 11.3 Å². The van der Waals surface area contributed by atoms with Gasteiger partial charge in [-0.3, -0.25) is 4.79 Å². The Morgan fingerprint density at radius 1 is 0.757 bits per heavy atom. The number of amides is 1. The van der Waals surface area contributed by atoms with Crippen molar-refractivity contribution in [2.45, 2.75) is 36.4 Å². The van der Waals surface area contributed by atoms with Crippen LogP contribution in [-0.2, 0) is 21.2 Å². The van der Waals surface area contributed by atoms with Gasteiger partial charge in [0.05, 0.1) is 10.9 Å². The molecule has 3 N–H and O–H groups in total. The number of benzene rings is 4. The van der Waals surface area contributed by atoms with Crippen LogP contribution in [0.4, 0.5) is 0 Å². The monoisotopic (exact) mass is 514 g/mol. The second-order valence-corrected chi connectivity index (χ2v) is 10.6. The molecule has 0 unspecified atom stereocenters. The molecule has 3 atom stereocenters. The van der Waals surface area contributed by atoms with E-state index < -0.39 is 34.1 Å². The molecule has 6 nitrogen and oxygen atoms in total. The fourth-order valence-corrected chi connectivity index (χ4v) is 5.31. The van der Waals surface area contributed by atoms with Crippen molar-refractivity contribution in [2.24, 2.45) is 0 Å². The topological polar surface area (TPSA) is 95.5 Å². The number of carbonyl (C=O) groups is 1. The zero-order chi connectivity index (χ0) is 26.3. The highest BCUT2D eigenvalue weighted by atomic mass is 32.2. The third-order valence-corrected chi connectivity index (χ3v) is 7.63. The Morgan fingerprint density at radius 3 is 1.84 bits per heavy atom. The number of aliphatic hydroxyl groups excluding tert-OH is 1. The molecule has 0 aromatic heterocycles. The van der Waals surface area contributed by atoms with Crippen molar-refractivity contribution in [2.75, 3.05) is 0 Å². The maximum absolute atomic E-state index is 13.7. The highest BCUT2D eigenvalue weighted by molar-refractivity contribution is 7.89. The highest BCUT2D eigenvalue weighted by Gasteiger charge is 2.31. The summed E-state index contributed by atoms with van der Waals surface area (Å²) in [4.78, 5) is 13.8. The van der Waals surface area contributed by atoms with E-state index in [1.165, 1.54) is 12.1 Å². The standard InChI is InChI=1S/C30H30N2O4S/c1-22-17-19-26(20-18-22)37(35,36)32-27(21-23-11-5-2-6-12-23)30(34)31-28(24-13-7-3-8-14-24)29(33)25-15-9-4-10-16-25/h2-20,27-29,32-33H,21H2,1H3,(H,31,34)/t27-,28-,29-/m0/s1. The molecule has 0 saturated carbocycles. The number of aryl methyl sites for hydroxylation is 1. The van der Waals surface area contributed by atoms with Gasteiger partial charge in [0.15, 0.2) is 0 Å². The largest absolute Gasteiger partial charge is 0.386 e. The third kappa shape index (κ3) is 6.92. The van der Waals surface area contributed by atoms with Crippen LogP contribution in [0.15, 0.2) is 120 Å². The van der Waals surface area contributed by atoms with Gasteiger partial charge in [-0.25, -0.2) is 8.42 Å². The molecule has 37 heavy (non-hydrogen) atoms.